The molecule has 1 saturated heterocycles. The van der Waals surface area contributed by atoms with Crippen molar-refractivity contribution in [2.24, 2.45) is 5.73 Å². The van der Waals surface area contributed by atoms with E-state index in [4.69, 9.17) is 15.2 Å². The van der Waals surface area contributed by atoms with Gasteiger partial charge in [-0.15, -0.1) is 0 Å². The predicted octanol–water partition coefficient (Wildman–Crippen LogP) is -3.20. The molecular weight excluding hydrogens is 560 g/mol. The van der Waals surface area contributed by atoms with Gasteiger partial charge in [0.25, 0.3) is 0 Å². The highest BCUT2D eigenvalue weighted by atomic mass is 16.5. The minimum atomic E-state index is -1.15. The molecule has 0 spiro atoms. The SMILES string of the molecule is NCCOCCOCCNC(=O)CCC(C(=O)O)N1CCN(CC(=O)O)CCN(CC(=O)O)CCN(CC(=O)O)CC1. The van der Waals surface area contributed by atoms with Gasteiger partial charge in [-0.05, 0) is 6.42 Å². The Balaban J connectivity index is 2.86. The van der Waals surface area contributed by atoms with Crippen molar-refractivity contribution < 1.29 is 53.9 Å². The van der Waals surface area contributed by atoms with E-state index in [2.05, 4.69) is 5.32 Å². The summed E-state index contributed by atoms with van der Waals surface area (Å²) in [5.41, 5.74) is 5.33. The van der Waals surface area contributed by atoms with Crippen molar-refractivity contribution in [2.75, 3.05) is 112 Å². The van der Waals surface area contributed by atoms with Crippen LogP contribution < -0.4 is 11.1 Å². The minimum Gasteiger partial charge on any atom is -0.480 e. The normalized spacial score (nSPS) is 17.5. The van der Waals surface area contributed by atoms with Crippen LogP contribution in [0.2, 0.25) is 0 Å². The summed E-state index contributed by atoms with van der Waals surface area (Å²) in [7, 11) is 0. The topological polar surface area (TPSA) is 236 Å². The number of hydrogen-bond acceptors (Lipinski definition) is 12. The van der Waals surface area contributed by atoms with Gasteiger partial charge in [-0.1, -0.05) is 0 Å². The first-order valence-corrected chi connectivity index (χ1v) is 13.9. The molecule has 0 radical (unpaired) electrons. The van der Waals surface area contributed by atoms with Gasteiger partial charge in [0.15, 0.2) is 0 Å². The first kappa shape index (κ1) is 37.1. The van der Waals surface area contributed by atoms with Crippen LogP contribution in [-0.4, -0.2) is 187 Å². The Labute approximate surface area is 245 Å². The van der Waals surface area contributed by atoms with Crippen LogP contribution in [0.1, 0.15) is 12.8 Å². The van der Waals surface area contributed by atoms with E-state index in [9.17, 15) is 44.4 Å². The number of carbonyl (C=O) groups excluding carboxylic acids is 1. The number of rotatable bonds is 19. The quantitative estimate of drug-likeness (QED) is 0.0794. The number of ether oxygens (including phenoxy) is 2. The monoisotopic (exact) mass is 606 g/mol. The lowest BCUT2D eigenvalue weighted by Crippen LogP contribution is -2.52. The van der Waals surface area contributed by atoms with Crippen LogP contribution in [0.5, 0.6) is 0 Å². The van der Waals surface area contributed by atoms with Crippen molar-refractivity contribution in [1.29, 1.82) is 0 Å². The molecule has 0 aromatic heterocycles. The van der Waals surface area contributed by atoms with E-state index >= 15 is 0 Å². The highest BCUT2D eigenvalue weighted by Crippen LogP contribution is 2.10. The van der Waals surface area contributed by atoms with Crippen LogP contribution in [0.15, 0.2) is 0 Å². The molecule has 1 rings (SSSR count). The summed E-state index contributed by atoms with van der Waals surface area (Å²) in [6.45, 7) is 2.69. The number of carboxylic acids is 4. The Morgan fingerprint density at radius 1 is 0.667 bits per heavy atom. The lowest BCUT2D eigenvalue weighted by Gasteiger charge is -2.35. The minimum absolute atomic E-state index is 0.0147. The molecule has 242 valence electrons. The molecule has 0 saturated carbocycles. The van der Waals surface area contributed by atoms with Gasteiger partial charge >= 0.3 is 23.9 Å². The molecular formula is C25H46N6O11. The zero-order chi connectivity index (χ0) is 31.3. The third-order valence-corrected chi connectivity index (χ3v) is 6.52. The second kappa shape index (κ2) is 21.7. The number of nitrogens with one attached hydrogen (secondary N) is 1. The average molecular weight is 607 g/mol. The largest absolute Gasteiger partial charge is 0.480 e. The molecule has 7 N–H and O–H groups in total. The first-order chi connectivity index (χ1) is 20.0. The fourth-order valence-electron chi connectivity index (χ4n) is 4.40. The molecule has 1 unspecified atom stereocenters. The van der Waals surface area contributed by atoms with Gasteiger partial charge < -0.3 is 41.0 Å². The fraction of sp³-hybridized carbons (Fsp3) is 0.800. The average Bonchev–Trinajstić information content (AvgIpc) is 2.90. The van der Waals surface area contributed by atoms with Crippen LogP contribution in [-0.2, 0) is 33.4 Å². The Bertz CT molecular complexity index is 818. The second-order valence-corrected chi connectivity index (χ2v) is 9.80. The van der Waals surface area contributed by atoms with E-state index in [0.717, 1.165) is 0 Å². The zero-order valence-electron chi connectivity index (χ0n) is 24.0. The van der Waals surface area contributed by atoms with Gasteiger partial charge in [0, 0.05) is 71.9 Å². The zero-order valence-corrected chi connectivity index (χ0v) is 24.0. The van der Waals surface area contributed by atoms with Crippen LogP contribution >= 0.6 is 0 Å². The van der Waals surface area contributed by atoms with E-state index in [1.165, 1.54) is 0 Å². The third kappa shape index (κ3) is 17.8. The van der Waals surface area contributed by atoms with E-state index in [-0.39, 0.29) is 104 Å². The summed E-state index contributed by atoms with van der Waals surface area (Å²) >= 11 is 0. The molecule has 17 heteroatoms. The highest BCUT2D eigenvalue weighted by molar-refractivity contribution is 5.78. The van der Waals surface area contributed by atoms with Gasteiger partial charge in [-0.25, -0.2) is 0 Å². The van der Waals surface area contributed by atoms with Crippen LogP contribution in [0.3, 0.4) is 0 Å². The van der Waals surface area contributed by atoms with Crippen molar-refractivity contribution >= 4 is 29.8 Å². The van der Waals surface area contributed by atoms with Crippen molar-refractivity contribution in [3.05, 3.63) is 0 Å². The second-order valence-electron chi connectivity index (χ2n) is 9.80. The number of carboxylic acid groups (broad SMARTS) is 4. The first-order valence-electron chi connectivity index (χ1n) is 13.9. The fourth-order valence-corrected chi connectivity index (χ4v) is 4.40. The van der Waals surface area contributed by atoms with Crippen molar-refractivity contribution in [3.8, 4) is 0 Å². The van der Waals surface area contributed by atoms with Gasteiger partial charge in [0.1, 0.15) is 6.04 Å². The van der Waals surface area contributed by atoms with Gasteiger partial charge in [0.2, 0.25) is 5.91 Å². The predicted molar refractivity (Wildman–Crippen MR) is 148 cm³/mol. The standard InChI is InChI=1S/C25H46N6O11/c26-3-13-41-15-16-42-14-4-27-21(32)2-1-20(25(39)40)31-11-9-29(18-23(35)36)7-5-28(17-22(33)34)6-8-30(10-12-31)19-24(37)38/h20H,1-19,26H2,(H,27,32)(H,33,34)(H,35,36)(H,37,38)(H,39,40). The number of nitrogens with zero attached hydrogens (tertiary/aromatic N) is 4. The summed E-state index contributed by atoms with van der Waals surface area (Å²) in [6.07, 6.45) is -0.0892. The summed E-state index contributed by atoms with van der Waals surface area (Å²) in [5, 5.41) is 40.7. The molecule has 0 aromatic rings. The van der Waals surface area contributed by atoms with Crippen LogP contribution in [0.4, 0.5) is 0 Å². The Morgan fingerprint density at radius 2 is 1.10 bits per heavy atom. The Kier molecular flexibility index (Phi) is 19.2. The summed E-state index contributed by atoms with van der Waals surface area (Å²) < 4.78 is 10.5. The van der Waals surface area contributed by atoms with Crippen molar-refractivity contribution in [2.45, 2.75) is 18.9 Å². The maximum absolute atomic E-state index is 12.4. The molecule has 1 aliphatic rings. The van der Waals surface area contributed by atoms with Crippen molar-refractivity contribution in [3.63, 3.8) is 0 Å². The van der Waals surface area contributed by atoms with E-state index < -0.39 is 29.9 Å². The maximum atomic E-state index is 12.4. The van der Waals surface area contributed by atoms with Gasteiger partial charge in [-0.2, -0.15) is 0 Å². The Morgan fingerprint density at radius 3 is 1.50 bits per heavy atom. The van der Waals surface area contributed by atoms with Gasteiger partial charge in [-0.3, -0.25) is 43.6 Å². The van der Waals surface area contributed by atoms with Gasteiger partial charge in [0.05, 0.1) is 46.1 Å². The van der Waals surface area contributed by atoms with E-state index in [0.29, 0.717) is 26.4 Å². The third-order valence-electron chi connectivity index (χ3n) is 6.52. The van der Waals surface area contributed by atoms with E-state index in [1.54, 1.807) is 19.6 Å². The maximum Gasteiger partial charge on any atom is 0.320 e. The Hall–Kier alpha value is -2.93. The molecule has 0 aromatic carbocycles. The number of carbonyl (C=O) groups is 5. The highest BCUT2D eigenvalue weighted by Gasteiger charge is 2.28. The molecule has 0 aliphatic carbocycles. The summed E-state index contributed by atoms with van der Waals surface area (Å²) in [5.74, 6) is -4.72. The molecule has 0 bridgehead atoms. The lowest BCUT2D eigenvalue weighted by atomic mass is 10.1. The van der Waals surface area contributed by atoms with Crippen LogP contribution in [0.25, 0.3) is 0 Å². The molecule has 17 nitrogen and oxygen atoms in total. The van der Waals surface area contributed by atoms with E-state index in [1.807, 2.05) is 0 Å². The lowest BCUT2D eigenvalue weighted by molar-refractivity contribution is -0.145. The van der Waals surface area contributed by atoms with Crippen molar-refractivity contribution in [1.82, 2.24) is 24.9 Å². The molecule has 1 atom stereocenters. The number of amides is 1. The summed E-state index contributed by atoms with van der Waals surface area (Å²) in [4.78, 5) is 65.3. The smallest absolute Gasteiger partial charge is 0.320 e. The summed E-state index contributed by atoms with van der Waals surface area (Å²) in [6, 6.07) is -1.07. The number of nitrogens with two attached hydrogens (primary N) is 1. The molecule has 1 fully saturated rings. The number of hydrogen-bond donors (Lipinski definition) is 6. The molecule has 42 heavy (non-hydrogen) atoms. The molecule has 1 aliphatic heterocycles. The molecule has 1 amide bonds. The van der Waals surface area contributed by atoms with Crippen LogP contribution in [0, 0.1) is 0 Å². The number of aliphatic carboxylic acids is 4. The molecule has 1 heterocycles.